The summed E-state index contributed by atoms with van der Waals surface area (Å²) in [4.78, 5) is 15.0. The number of carbonyl (C=O) groups is 1. The molecule has 2 unspecified atom stereocenters. The van der Waals surface area contributed by atoms with Crippen LogP contribution in [0.15, 0.2) is 54.7 Å². The minimum absolute atomic E-state index is 0.202. The van der Waals surface area contributed by atoms with Crippen molar-refractivity contribution in [1.82, 2.24) is 14.3 Å². The zero-order chi connectivity index (χ0) is 25.4. The molecule has 0 spiro atoms. The van der Waals surface area contributed by atoms with E-state index < -0.39 is 19.7 Å². The number of aromatic nitrogens is 1. The molecule has 0 saturated carbocycles. The second-order valence-electron chi connectivity index (χ2n) is 8.50. The maximum atomic E-state index is 14.4. The molecular formula is C26H36N3O5P. The Morgan fingerprint density at radius 3 is 2.49 bits per heavy atom. The molecule has 0 fully saturated rings. The van der Waals surface area contributed by atoms with Crippen molar-refractivity contribution >= 4 is 24.5 Å². The van der Waals surface area contributed by atoms with Crippen LogP contribution in [-0.2, 0) is 31.5 Å². The van der Waals surface area contributed by atoms with Crippen molar-refractivity contribution in [3.05, 3.63) is 65.9 Å². The first-order valence-corrected chi connectivity index (χ1v) is 13.5. The van der Waals surface area contributed by atoms with Crippen LogP contribution in [0.25, 0.3) is 10.9 Å². The number of esters is 1. The molecule has 190 valence electrons. The van der Waals surface area contributed by atoms with E-state index in [2.05, 4.69) is 9.99 Å². The Balaban J connectivity index is 2.07. The highest BCUT2D eigenvalue weighted by molar-refractivity contribution is 7.55. The Kier molecular flexibility index (Phi) is 9.52. The average molecular weight is 502 g/mol. The fourth-order valence-electron chi connectivity index (χ4n) is 3.95. The Labute approximate surface area is 207 Å². The van der Waals surface area contributed by atoms with Gasteiger partial charge in [0, 0.05) is 18.1 Å². The van der Waals surface area contributed by atoms with E-state index in [9.17, 15) is 9.36 Å². The van der Waals surface area contributed by atoms with Gasteiger partial charge in [-0.1, -0.05) is 30.3 Å². The lowest BCUT2D eigenvalue weighted by Gasteiger charge is -2.26. The van der Waals surface area contributed by atoms with Crippen LogP contribution in [0.2, 0.25) is 0 Å². The summed E-state index contributed by atoms with van der Waals surface area (Å²) in [5.41, 5.74) is 2.69. The van der Waals surface area contributed by atoms with Crippen LogP contribution in [-0.4, -0.2) is 62.2 Å². The van der Waals surface area contributed by atoms with Crippen LogP contribution < -0.4 is 9.82 Å². The predicted molar refractivity (Wildman–Crippen MR) is 139 cm³/mol. The standard InChI is InChI=1S/C26H36N3O5P/c1-6-33-26(30)24(17-20-11-9-8-10-12-20)27-35(31,34-7-2)29-19-21(15-16-28(3)4)23-18-22(32-5)13-14-25(23)29/h8-14,18-19,24H,6-7,15-17H2,1-5H3,(H,27,31). The Hall–Kier alpha value is -2.64. The van der Waals surface area contributed by atoms with Crippen molar-refractivity contribution < 1.29 is 23.4 Å². The van der Waals surface area contributed by atoms with E-state index in [1.807, 2.05) is 68.8 Å². The van der Waals surface area contributed by atoms with Crippen LogP contribution in [0.4, 0.5) is 0 Å². The average Bonchev–Trinajstić information content (AvgIpc) is 3.22. The number of hydrogen-bond acceptors (Lipinski definition) is 6. The molecule has 0 amide bonds. The maximum Gasteiger partial charge on any atom is 0.373 e. The van der Waals surface area contributed by atoms with Gasteiger partial charge in [-0.15, -0.1) is 0 Å². The molecule has 0 aliphatic rings. The summed E-state index contributed by atoms with van der Waals surface area (Å²) in [6.45, 7) is 4.79. The molecule has 1 aromatic heterocycles. The summed E-state index contributed by atoms with van der Waals surface area (Å²) >= 11 is 0. The molecule has 9 heteroatoms. The summed E-state index contributed by atoms with van der Waals surface area (Å²) < 4.78 is 32.7. The van der Waals surface area contributed by atoms with Gasteiger partial charge in [0.25, 0.3) is 0 Å². The van der Waals surface area contributed by atoms with E-state index in [0.717, 1.165) is 35.0 Å². The van der Waals surface area contributed by atoms with E-state index >= 15 is 0 Å². The number of methoxy groups -OCH3 is 1. The molecule has 0 saturated heterocycles. The molecule has 0 bridgehead atoms. The number of likely N-dealkylation sites (N-methyl/N-ethyl adjacent to an activating group) is 1. The summed E-state index contributed by atoms with van der Waals surface area (Å²) in [6, 6.07) is 14.4. The number of carbonyl (C=O) groups excluding carboxylic acids is 1. The summed E-state index contributed by atoms with van der Waals surface area (Å²) in [7, 11) is 1.92. The van der Waals surface area contributed by atoms with Gasteiger partial charge < -0.3 is 18.9 Å². The lowest BCUT2D eigenvalue weighted by molar-refractivity contribution is -0.145. The van der Waals surface area contributed by atoms with Crippen molar-refractivity contribution in [2.75, 3.05) is 41.0 Å². The topological polar surface area (TPSA) is 82.0 Å². The van der Waals surface area contributed by atoms with Gasteiger partial charge in [0.2, 0.25) is 0 Å². The number of fused-ring (bicyclic) bond motifs is 1. The largest absolute Gasteiger partial charge is 0.497 e. The first kappa shape index (κ1) is 27.0. The molecule has 1 N–H and O–H groups in total. The van der Waals surface area contributed by atoms with Gasteiger partial charge in [-0.05, 0) is 70.1 Å². The predicted octanol–water partition coefficient (Wildman–Crippen LogP) is 4.51. The Morgan fingerprint density at radius 2 is 1.86 bits per heavy atom. The molecule has 2 atom stereocenters. The van der Waals surface area contributed by atoms with E-state index in [1.54, 1.807) is 25.3 Å². The van der Waals surface area contributed by atoms with Gasteiger partial charge in [0.05, 0.1) is 25.8 Å². The SMILES string of the molecule is CCOC(=O)C(Cc1ccccc1)NP(=O)(OCC)n1cc(CCN(C)C)c2cc(OC)ccc21. The first-order valence-electron chi connectivity index (χ1n) is 11.9. The van der Waals surface area contributed by atoms with Crippen LogP contribution >= 0.6 is 7.67 Å². The highest BCUT2D eigenvalue weighted by atomic mass is 31.2. The number of hydrogen-bond donors (Lipinski definition) is 1. The number of benzene rings is 2. The Bertz CT molecular complexity index is 1160. The lowest BCUT2D eigenvalue weighted by atomic mass is 10.1. The second-order valence-corrected chi connectivity index (χ2v) is 10.5. The molecule has 2 aromatic carbocycles. The number of nitrogens with zero attached hydrogens (tertiary/aromatic N) is 2. The van der Waals surface area contributed by atoms with E-state index in [0.29, 0.717) is 12.2 Å². The first-order chi connectivity index (χ1) is 16.8. The molecule has 0 aliphatic carbocycles. The summed E-state index contributed by atoms with van der Waals surface area (Å²) in [6.07, 6.45) is 2.93. The van der Waals surface area contributed by atoms with Crippen molar-refractivity contribution in [3.8, 4) is 5.75 Å². The minimum atomic E-state index is -3.73. The maximum absolute atomic E-state index is 14.4. The van der Waals surface area contributed by atoms with Crippen molar-refractivity contribution in [2.24, 2.45) is 0 Å². The monoisotopic (exact) mass is 501 g/mol. The lowest BCUT2D eigenvalue weighted by Crippen LogP contribution is -2.39. The zero-order valence-corrected chi connectivity index (χ0v) is 22.1. The minimum Gasteiger partial charge on any atom is -0.497 e. The third kappa shape index (κ3) is 6.73. The van der Waals surface area contributed by atoms with Crippen LogP contribution in [0, 0.1) is 0 Å². The van der Waals surface area contributed by atoms with Gasteiger partial charge in [-0.2, -0.15) is 0 Å². The molecule has 35 heavy (non-hydrogen) atoms. The fraction of sp³-hybridized carbons (Fsp3) is 0.423. The van der Waals surface area contributed by atoms with E-state index in [1.165, 1.54) is 0 Å². The molecule has 0 aliphatic heterocycles. The van der Waals surface area contributed by atoms with Gasteiger partial charge in [0.1, 0.15) is 11.8 Å². The van der Waals surface area contributed by atoms with Crippen LogP contribution in [0.1, 0.15) is 25.0 Å². The number of ether oxygens (including phenoxy) is 2. The fourth-order valence-corrected chi connectivity index (χ4v) is 5.97. The quantitative estimate of drug-likeness (QED) is 0.273. The van der Waals surface area contributed by atoms with Crippen molar-refractivity contribution in [3.63, 3.8) is 0 Å². The van der Waals surface area contributed by atoms with E-state index in [-0.39, 0.29) is 13.2 Å². The third-order valence-corrected chi connectivity index (χ3v) is 7.81. The van der Waals surface area contributed by atoms with Gasteiger partial charge in [-0.3, -0.25) is 9.13 Å². The summed E-state index contributed by atoms with van der Waals surface area (Å²) in [5.74, 6) is 0.247. The molecule has 1 heterocycles. The van der Waals surface area contributed by atoms with Gasteiger partial charge >= 0.3 is 13.6 Å². The zero-order valence-electron chi connectivity index (χ0n) is 21.2. The summed E-state index contributed by atoms with van der Waals surface area (Å²) in [5, 5.41) is 3.99. The highest BCUT2D eigenvalue weighted by Gasteiger charge is 2.35. The number of nitrogens with one attached hydrogen (secondary N) is 1. The van der Waals surface area contributed by atoms with Crippen molar-refractivity contribution in [1.29, 1.82) is 0 Å². The van der Waals surface area contributed by atoms with Crippen molar-refractivity contribution in [2.45, 2.75) is 32.7 Å². The Morgan fingerprint density at radius 1 is 1.11 bits per heavy atom. The second kappa shape index (κ2) is 12.4. The van der Waals surface area contributed by atoms with Gasteiger partial charge in [0.15, 0.2) is 0 Å². The molecule has 3 aromatic rings. The normalized spacial score (nSPS) is 14.1. The highest BCUT2D eigenvalue weighted by Crippen LogP contribution is 2.48. The van der Waals surface area contributed by atoms with Crippen LogP contribution in [0.5, 0.6) is 5.75 Å². The molecule has 8 nitrogen and oxygen atoms in total. The van der Waals surface area contributed by atoms with Crippen LogP contribution in [0.3, 0.4) is 0 Å². The molecule has 3 rings (SSSR count). The molecular weight excluding hydrogens is 465 g/mol. The van der Waals surface area contributed by atoms with E-state index in [4.69, 9.17) is 14.0 Å². The molecule has 0 radical (unpaired) electrons. The van der Waals surface area contributed by atoms with Gasteiger partial charge in [-0.25, -0.2) is 9.65 Å². The number of rotatable bonds is 13. The smallest absolute Gasteiger partial charge is 0.373 e. The third-order valence-electron chi connectivity index (χ3n) is 5.66.